The molecule has 7 heteroatoms. The first-order valence-corrected chi connectivity index (χ1v) is 8.50. The third kappa shape index (κ3) is 2.80. The number of rotatable bonds is 3. The summed E-state index contributed by atoms with van der Waals surface area (Å²) in [6.45, 7) is 4.96. The number of nitrogens with one attached hydrogen (secondary N) is 1. The largest absolute Gasteiger partial charge is 0.314 e. The molecule has 3 rings (SSSR count). The van der Waals surface area contributed by atoms with E-state index in [2.05, 4.69) is 10.2 Å². The molecular formula is C14H18N4O2S. The maximum Gasteiger partial charge on any atom is 0.243 e. The van der Waals surface area contributed by atoms with E-state index in [0.29, 0.717) is 24.7 Å². The monoisotopic (exact) mass is 306 g/mol. The van der Waals surface area contributed by atoms with Gasteiger partial charge in [0.15, 0.2) is 0 Å². The Labute approximate surface area is 125 Å². The van der Waals surface area contributed by atoms with E-state index < -0.39 is 10.0 Å². The highest BCUT2D eigenvalue weighted by atomic mass is 32.2. The first kappa shape index (κ1) is 14.5. The normalized spacial score (nSPS) is 21.7. The van der Waals surface area contributed by atoms with Crippen LogP contribution in [0.1, 0.15) is 5.56 Å². The quantitative estimate of drug-likeness (QED) is 0.839. The molecule has 2 aliphatic heterocycles. The summed E-state index contributed by atoms with van der Waals surface area (Å²) < 4.78 is 26.5. The Morgan fingerprint density at radius 3 is 2.62 bits per heavy atom. The fourth-order valence-corrected chi connectivity index (χ4v) is 4.33. The van der Waals surface area contributed by atoms with Crippen LogP contribution in [0.5, 0.6) is 0 Å². The Kier molecular flexibility index (Phi) is 3.95. The smallest absolute Gasteiger partial charge is 0.243 e. The summed E-state index contributed by atoms with van der Waals surface area (Å²) in [5, 5.41) is 12.2. The van der Waals surface area contributed by atoms with Crippen LogP contribution in [0.3, 0.4) is 0 Å². The molecule has 0 amide bonds. The van der Waals surface area contributed by atoms with E-state index in [1.54, 1.807) is 18.2 Å². The minimum absolute atomic E-state index is 0.209. The fourth-order valence-electron chi connectivity index (χ4n) is 2.77. The van der Waals surface area contributed by atoms with Crippen molar-refractivity contribution >= 4 is 10.0 Å². The molecule has 0 bridgehead atoms. The van der Waals surface area contributed by atoms with Crippen LogP contribution in [-0.2, 0) is 10.0 Å². The van der Waals surface area contributed by atoms with Crippen LogP contribution >= 0.6 is 0 Å². The molecule has 6 nitrogen and oxygen atoms in total. The summed E-state index contributed by atoms with van der Waals surface area (Å²) in [6.07, 6.45) is 0. The van der Waals surface area contributed by atoms with Gasteiger partial charge in [0.25, 0.3) is 0 Å². The van der Waals surface area contributed by atoms with Gasteiger partial charge in [-0.25, -0.2) is 8.42 Å². The van der Waals surface area contributed by atoms with Crippen molar-refractivity contribution in [2.45, 2.75) is 10.9 Å². The maximum absolute atomic E-state index is 12.5. The van der Waals surface area contributed by atoms with Crippen molar-refractivity contribution < 1.29 is 8.42 Å². The zero-order valence-corrected chi connectivity index (χ0v) is 12.5. The van der Waals surface area contributed by atoms with Gasteiger partial charge in [0, 0.05) is 45.3 Å². The van der Waals surface area contributed by atoms with Crippen molar-refractivity contribution in [1.82, 2.24) is 14.5 Å². The highest BCUT2D eigenvalue weighted by Gasteiger charge is 2.39. The second kappa shape index (κ2) is 5.73. The first-order chi connectivity index (χ1) is 10.1. The lowest BCUT2D eigenvalue weighted by atomic mass is 10.1. The molecule has 1 aromatic rings. The molecule has 112 valence electrons. The van der Waals surface area contributed by atoms with E-state index in [-0.39, 0.29) is 4.90 Å². The van der Waals surface area contributed by atoms with E-state index in [9.17, 15) is 8.42 Å². The summed E-state index contributed by atoms with van der Waals surface area (Å²) in [5.74, 6) is 0. The zero-order valence-electron chi connectivity index (χ0n) is 11.7. The maximum atomic E-state index is 12.5. The second-order valence-corrected chi connectivity index (χ2v) is 7.34. The number of piperazine rings is 1. The summed E-state index contributed by atoms with van der Waals surface area (Å²) in [7, 11) is -3.47. The number of nitriles is 1. The summed E-state index contributed by atoms with van der Waals surface area (Å²) in [6, 6.07) is 8.50. The predicted octanol–water partition coefficient (Wildman–Crippen LogP) is -0.164. The Morgan fingerprint density at radius 2 is 1.95 bits per heavy atom. The van der Waals surface area contributed by atoms with Crippen molar-refractivity contribution in [2.75, 3.05) is 39.3 Å². The number of benzene rings is 1. The van der Waals surface area contributed by atoms with Gasteiger partial charge in [-0.15, -0.1) is 0 Å². The van der Waals surface area contributed by atoms with Gasteiger partial charge in [-0.2, -0.15) is 9.57 Å². The Hall–Kier alpha value is -1.46. The molecule has 0 spiro atoms. The number of nitrogens with zero attached hydrogens (tertiary/aromatic N) is 3. The lowest BCUT2D eigenvalue weighted by Crippen LogP contribution is -2.63. The minimum Gasteiger partial charge on any atom is -0.314 e. The van der Waals surface area contributed by atoms with Gasteiger partial charge in [-0.05, 0) is 18.2 Å². The molecule has 1 aromatic carbocycles. The van der Waals surface area contributed by atoms with Crippen LogP contribution in [0.2, 0.25) is 0 Å². The molecule has 0 aliphatic carbocycles. The predicted molar refractivity (Wildman–Crippen MR) is 78.1 cm³/mol. The Balaban J connectivity index is 1.68. The third-order valence-electron chi connectivity index (χ3n) is 4.10. The van der Waals surface area contributed by atoms with Gasteiger partial charge in [-0.3, -0.25) is 4.90 Å². The van der Waals surface area contributed by atoms with Gasteiger partial charge in [0.05, 0.1) is 16.5 Å². The van der Waals surface area contributed by atoms with Crippen LogP contribution in [0.4, 0.5) is 0 Å². The molecule has 1 N–H and O–H groups in total. The molecule has 2 fully saturated rings. The standard InChI is InChI=1S/C14H18N4O2S/c15-9-12-2-1-3-14(8-12)21(19,20)18-10-13(11-18)17-6-4-16-5-7-17/h1-3,8,13,16H,4-7,10-11H2. The second-order valence-electron chi connectivity index (χ2n) is 5.40. The van der Waals surface area contributed by atoms with Gasteiger partial charge >= 0.3 is 0 Å². The Bertz CT molecular complexity index is 656. The van der Waals surface area contributed by atoms with Crippen molar-refractivity contribution in [3.63, 3.8) is 0 Å². The highest BCUT2D eigenvalue weighted by Crippen LogP contribution is 2.24. The van der Waals surface area contributed by atoms with Crippen molar-refractivity contribution in [1.29, 1.82) is 5.26 Å². The average molecular weight is 306 g/mol. The van der Waals surface area contributed by atoms with Gasteiger partial charge in [0.2, 0.25) is 10.0 Å². The fraction of sp³-hybridized carbons (Fsp3) is 0.500. The molecule has 2 aliphatic rings. The number of hydrogen-bond donors (Lipinski definition) is 1. The van der Waals surface area contributed by atoms with Crippen molar-refractivity contribution in [2.24, 2.45) is 0 Å². The van der Waals surface area contributed by atoms with Gasteiger partial charge < -0.3 is 5.32 Å². The molecule has 0 unspecified atom stereocenters. The number of sulfonamides is 1. The first-order valence-electron chi connectivity index (χ1n) is 7.06. The average Bonchev–Trinajstić information content (AvgIpc) is 2.46. The summed E-state index contributed by atoms with van der Waals surface area (Å²) >= 11 is 0. The molecule has 0 radical (unpaired) electrons. The third-order valence-corrected chi connectivity index (χ3v) is 5.93. The van der Waals surface area contributed by atoms with Gasteiger partial charge in [0.1, 0.15) is 0 Å². The molecule has 2 heterocycles. The lowest BCUT2D eigenvalue weighted by molar-refractivity contribution is 0.0773. The van der Waals surface area contributed by atoms with Crippen molar-refractivity contribution in [3.05, 3.63) is 29.8 Å². The van der Waals surface area contributed by atoms with Gasteiger partial charge in [-0.1, -0.05) is 6.07 Å². The van der Waals surface area contributed by atoms with E-state index in [4.69, 9.17) is 5.26 Å². The zero-order chi connectivity index (χ0) is 14.9. The topological polar surface area (TPSA) is 76.4 Å². The number of hydrogen-bond acceptors (Lipinski definition) is 5. The molecule has 2 saturated heterocycles. The van der Waals surface area contributed by atoms with Crippen LogP contribution in [0, 0.1) is 11.3 Å². The summed E-state index contributed by atoms with van der Waals surface area (Å²) in [4.78, 5) is 2.55. The summed E-state index contributed by atoms with van der Waals surface area (Å²) in [5.41, 5.74) is 0.371. The van der Waals surface area contributed by atoms with E-state index >= 15 is 0 Å². The van der Waals surface area contributed by atoms with E-state index in [1.165, 1.54) is 10.4 Å². The molecule has 0 saturated carbocycles. The van der Waals surface area contributed by atoms with E-state index in [0.717, 1.165) is 26.2 Å². The molecule has 0 aromatic heterocycles. The lowest BCUT2D eigenvalue weighted by Gasteiger charge is -2.45. The Morgan fingerprint density at radius 1 is 1.24 bits per heavy atom. The molecule has 21 heavy (non-hydrogen) atoms. The van der Waals surface area contributed by atoms with Crippen LogP contribution < -0.4 is 5.32 Å². The van der Waals surface area contributed by atoms with Crippen LogP contribution in [-0.4, -0.2) is 62.9 Å². The minimum atomic E-state index is -3.47. The molecular weight excluding hydrogens is 288 g/mol. The van der Waals surface area contributed by atoms with Crippen LogP contribution in [0.25, 0.3) is 0 Å². The SMILES string of the molecule is N#Cc1cccc(S(=O)(=O)N2CC(N3CCNCC3)C2)c1. The highest BCUT2D eigenvalue weighted by molar-refractivity contribution is 7.89. The molecule has 0 atom stereocenters. The van der Waals surface area contributed by atoms with Crippen LogP contribution in [0.15, 0.2) is 29.2 Å². The van der Waals surface area contributed by atoms with E-state index in [1.807, 2.05) is 6.07 Å². The van der Waals surface area contributed by atoms with Crippen molar-refractivity contribution in [3.8, 4) is 6.07 Å².